The lowest BCUT2D eigenvalue weighted by Gasteiger charge is -2.18. The van der Waals surface area contributed by atoms with E-state index in [4.69, 9.17) is 0 Å². The second kappa shape index (κ2) is 6.51. The Morgan fingerprint density at radius 2 is 1.65 bits per heavy atom. The number of anilines is 3. The van der Waals surface area contributed by atoms with Crippen LogP contribution in [0.1, 0.15) is 24.0 Å². The van der Waals surface area contributed by atoms with E-state index >= 15 is 0 Å². The third-order valence-corrected chi connectivity index (χ3v) is 7.28. The van der Waals surface area contributed by atoms with Crippen LogP contribution in [0.3, 0.4) is 0 Å². The maximum absolute atomic E-state index is 13.0. The molecule has 4 atom stereocenters. The molecule has 7 heteroatoms. The van der Waals surface area contributed by atoms with Gasteiger partial charge in [-0.25, -0.2) is 4.90 Å². The van der Waals surface area contributed by atoms with Gasteiger partial charge in [-0.15, -0.1) is 0 Å². The molecule has 0 aromatic heterocycles. The van der Waals surface area contributed by atoms with Crippen molar-refractivity contribution in [2.75, 3.05) is 10.2 Å². The van der Waals surface area contributed by atoms with Crippen molar-refractivity contribution in [2.45, 2.75) is 25.7 Å². The highest BCUT2D eigenvalue weighted by molar-refractivity contribution is 6.23. The van der Waals surface area contributed by atoms with Gasteiger partial charge in [0.15, 0.2) is 0 Å². The first kappa shape index (κ1) is 18.3. The summed E-state index contributed by atoms with van der Waals surface area (Å²) in [4.78, 5) is 38.6. The normalized spacial score (nSPS) is 27.7. The highest BCUT2D eigenvalue weighted by Gasteiger charge is 2.59. The van der Waals surface area contributed by atoms with Crippen LogP contribution in [0.25, 0.3) is 0 Å². The number of nitrogens with one attached hydrogen (secondary N) is 1. The Hall–Kier alpha value is -3.48. The Kier molecular flexibility index (Phi) is 3.84. The predicted molar refractivity (Wildman–Crippen MR) is 115 cm³/mol. The molecule has 31 heavy (non-hydrogen) atoms. The van der Waals surface area contributed by atoms with Crippen LogP contribution in [-0.4, -0.2) is 16.7 Å². The number of hydrogen-bond donors (Lipinski definition) is 1. The van der Waals surface area contributed by atoms with Crippen LogP contribution in [0.2, 0.25) is 0 Å². The van der Waals surface area contributed by atoms with E-state index in [0.29, 0.717) is 5.69 Å². The smallest absolute Gasteiger partial charge is 0.294 e. The lowest BCUT2D eigenvalue weighted by Crippen LogP contribution is -2.32. The zero-order chi connectivity index (χ0) is 21.3. The number of fused-ring (bicyclic) bond motifs is 6. The number of benzene rings is 2. The molecule has 7 nitrogen and oxygen atoms in total. The monoisotopic (exact) mass is 415 g/mol. The summed E-state index contributed by atoms with van der Waals surface area (Å²) in [5.41, 5.74) is 3.85. The summed E-state index contributed by atoms with van der Waals surface area (Å²) >= 11 is 0. The molecule has 0 unspecified atom stereocenters. The van der Waals surface area contributed by atoms with Crippen LogP contribution in [0.15, 0.2) is 48.6 Å². The molecule has 1 aliphatic heterocycles. The Morgan fingerprint density at radius 3 is 2.35 bits per heavy atom. The highest BCUT2D eigenvalue weighted by atomic mass is 16.6. The van der Waals surface area contributed by atoms with E-state index in [-0.39, 0.29) is 46.9 Å². The van der Waals surface area contributed by atoms with Gasteiger partial charge in [-0.1, -0.05) is 18.2 Å². The molecule has 3 aliphatic carbocycles. The number of nitro groups is 1. The van der Waals surface area contributed by atoms with Crippen LogP contribution in [0.5, 0.6) is 0 Å². The summed E-state index contributed by atoms with van der Waals surface area (Å²) in [5.74, 6) is -0.920. The molecule has 2 bridgehead atoms. The Labute approximate surface area is 178 Å². The largest absolute Gasteiger partial charge is 0.350 e. The molecule has 4 aliphatic rings. The number of nitro benzene ring substituents is 1. The van der Waals surface area contributed by atoms with Gasteiger partial charge >= 0.3 is 0 Å². The molecule has 156 valence electrons. The van der Waals surface area contributed by atoms with Gasteiger partial charge in [0.1, 0.15) is 5.69 Å². The molecule has 0 radical (unpaired) electrons. The fourth-order valence-electron chi connectivity index (χ4n) is 5.88. The van der Waals surface area contributed by atoms with Crippen molar-refractivity contribution >= 4 is 34.6 Å². The number of carbonyl (C=O) groups excluding carboxylic acids is 2. The van der Waals surface area contributed by atoms with Crippen LogP contribution in [-0.2, 0) is 22.4 Å². The molecule has 2 amide bonds. The van der Waals surface area contributed by atoms with Gasteiger partial charge in [0.2, 0.25) is 11.8 Å². The van der Waals surface area contributed by atoms with E-state index in [1.54, 1.807) is 12.1 Å². The summed E-state index contributed by atoms with van der Waals surface area (Å²) in [6.45, 7) is 0. The molecular weight excluding hydrogens is 394 g/mol. The zero-order valence-electron chi connectivity index (χ0n) is 16.8. The number of nitrogens with zero attached hydrogens (tertiary/aromatic N) is 2. The van der Waals surface area contributed by atoms with E-state index in [9.17, 15) is 19.7 Å². The van der Waals surface area contributed by atoms with Crippen LogP contribution < -0.4 is 10.2 Å². The average Bonchev–Trinajstić information content (AvgIpc) is 3.52. The number of carbonyl (C=O) groups is 2. The molecule has 2 aromatic carbocycles. The van der Waals surface area contributed by atoms with E-state index in [2.05, 4.69) is 11.4 Å². The van der Waals surface area contributed by atoms with Crippen molar-refractivity contribution in [1.29, 1.82) is 0 Å². The minimum atomic E-state index is -0.476. The SMILES string of the molecule is O=C1[C@@H]2[C@H](C(=O)N1c1ccc(Nc3ccc4c(c3)CCC4)c([N+](=O)[O-])c1)[C@H]1C=C[C@H]2C1. The molecule has 0 spiro atoms. The van der Waals surface area contributed by atoms with Crippen molar-refractivity contribution in [3.63, 3.8) is 0 Å². The first-order chi connectivity index (χ1) is 15.0. The minimum Gasteiger partial charge on any atom is -0.350 e. The second-order valence-electron chi connectivity index (χ2n) is 8.93. The van der Waals surface area contributed by atoms with Crippen molar-refractivity contribution in [1.82, 2.24) is 0 Å². The molecule has 1 N–H and O–H groups in total. The van der Waals surface area contributed by atoms with E-state index in [1.165, 1.54) is 17.2 Å². The quantitative estimate of drug-likeness (QED) is 0.351. The summed E-state index contributed by atoms with van der Waals surface area (Å²) in [6.07, 6.45) is 8.14. The van der Waals surface area contributed by atoms with E-state index in [0.717, 1.165) is 36.3 Å². The van der Waals surface area contributed by atoms with Gasteiger partial charge in [0.25, 0.3) is 5.69 Å². The zero-order valence-corrected chi connectivity index (χ0v) is 16.8. The van der Waals surface area contributed by atoms with Crippen molar-refractivity contribution < 1.29 is 14.5 Å². The Bertz CT molecular complexity index is 1160. The van der Waals surface area contributed by atoms with E-state index in [1.807, 2.05) is 24.3 Å². The first-order valence-electron chi connectivity index (χ1n) is 10.7. The Morgan fingerprint density at radius 1 is 0.935 bits per heavy atom. The number of allylic oxidation sites excluding steroid dienone is 2. The molecule has 6 rings (SSSR count). The molecule has 1 heterocycles. The average molecular weight is 415 g/mol. The third kappa shape index (κ3) is 2.65. The standard InChI is InChI=1S/C24H21N3O4/c28-23-21-15-4-5-16(10-15)22(21)24(29)26(23)18-8-9-19(20(12-18)27(30)31)25-17-7-6-13-2-1-3-14(13)11-17/h4-9,11-12,15-16,21-22,25H,1-3,10H2/t15-,16-,21-,22+/m0/s1. The van der Waals surface area contributed by atoms with Gasteiger partial charge in [-0.2, -0.15) is 0 Å². The highest BCUT2D eigenvalue weighted by Crippen LogP contribution is 2.53. The number of amides is 2. The van der Waals surface area contributed by atoms with E-state index < -0.39 is 4.92 Å². The van der Waals surface area contributed by atoms with Crippen molar-refractivity contribution in [3.8, 4) is 0 Å². The van der Waals surface area contributed by atoms with Gasteiger partial charge < -0.3 is 5.32 Å². The first-order valence-corrected chi connectivity index (χ1v) is 10.7. The maximum Gasteiger partial charge on any atom is 0.294 e. The third-order valence-electron chi connectivity index (χ3n) is 7.28. The van der Waals surface area contributed by atoms with Gasteiger partial charge in [-0.3, -0.25) is 19.7 Å². The Balaban J connectivity index is 1.32. The summed E-state index contributed by atoms with van der Waals surface area (Å²) in [6, 6.07) is 10.6. The van der Waals surface area contributed by atoms with Crippen molar-refractivity contribution in [2.24, 2.45) is 23.7 Å². The summed E-state index contributed by atoms with van der Waals surface area (Å²) in [5, 5.41) is 15.0. The maximum atomic E-state index is 13.0. The van der Waals surface area contributed by atoms with Crippen LogP contribution in [0.4, 0.5) is 22.7 Å². The summed E-state index contributed by atoms with van der Waals surface area (Å²) in [7, 11) is 0. The lowest BCUT2D eigenvalue weighted by atomic mass is 9.85. The molecule has 2 aromatic rings. The number of imide groups is 1. The summed E-state index contributed by atoms with van der Waals surface area (Å²) < 4.78 is 0. The lowest BCUT2D eigenvalue weighted by molar-refractivity contribution is -0.383. The van der Waals surface area contributed by atoms with Gasteiger partial charge in [0.05, 0.1) is 22.4 Å². The van der Waals surface area contributed by atoms with Crippen LogP contribution >= 0.6 is 0 Å². The van der Waals surface area contributed by atoms with Gasteiger partial charge in [-0.05, 0) is 72.9 Å². The predicted octanol–water partition coefficient (Wildman–Crippen LogP) is 4.14. The number of aryl methyl sites for hydroxylation is 2. The molecular formula is C24H21N3O4. The van der Waals surface area contributed by atoms with Crippen LogP contribution in [0, 0.1) is 33.8 Å². The topological polar surface area (TPSA) is 92.6 Å². The van der Waals surface area contributed by atoms with Crippen molar-refractivity contribution in [3.05, 3.63) is 69.8 Å². The van der Waals surface area contributed by atoms with Gasteiger partial charge in [0, 0.05) is 11.8 Å². The fourth-order valence-corrected chi connectivity index (χ4v) is 5.88. The minimum absolute atomic E-state index is 0.104. The molecule has 2 fully saturated rings. The molecule has 1 saturated carbocycles. The second-order valence-corrected chi connectivity index (χ2v) is 8.93. The molecule has 1 saturated heterocycles. The number of hydrogen-bond acceptors (Lipinski definition) is 5. The number of rotatable bonds is 4. The fraction of sp³-hybridized carbons (Fsp3) is 0.333.